The van der Waals surface area contributed by atoms with Gasteiger partial charge in [-0.25, -0.2) is 9.97 Å². The maximum Gasteiger partial charge on any atom is 0.171 e. The third-order valence-corrected chi connectivity index (χ3v) is 4.39. The molecule has 2 aliphatic heterocycles. The van der Waals surface area contributed by atoms with Gasteiger partial charge in [0.05, 0.1) is 12.2 Å². The molecular formula is C16H26N4O2. The molecule has 2 saturated heterocycles. The van der Waals surface area contributed by atoms with Gasteiger partial charge in [0.15, 0.2) is 11.6 Å². The summed E-state index contributed by atoms with van der Waals surface area (Å²) in [6.45, 7) is 3.48. The first kappa shape index (κ1) is 15.5. The van der Waals surface area contributed by atoms with Crippen molar-refractivity contribution in [2.75, 3.05) is 50.2 Å². The van der Waals surface area contributed by atoms with Crippen molar-refractivity contribution in [3.8, 4) is 0 Å². The number of nitrogens with zero attached hydrogens (tertiary/aromatic N) is 4. The smallest absolute Gasteiger partial charge is 0.171 e. The number of hydrogen-bond donors (Lipinski definition) is 0. The lowest BCUT2D eigenvalue weighted by molar-refractivity contribution is 0.115. The summed E-state index contributed by atoms with van der Waals surface area (Å²) < 4.78 is 11.5. The highest BCUT2D eigenvalue weighted by Crippen LogP contribution is 2.25. The Kier molecular flexibility index (Phi) is 5.10. The molecule has 22 heavy (non-hydrogen) atoms. The van der Waals surface area contributed by atoms with Gasteiger partial charge in [-0.1, -0.05) is 0 Å². The van der Waals surface area contributed by atoms with E-state index in [4.69, 9.17) is 9.47 Å². The van der Waals surface area contributed by atoms with E-state index in [1.165, 1.54) is 0 Å². The van der Waals surface area contributed by atoms with E-state index >= 15 is 0 Å². The normalized spacial score (nSPS) is 24.6. The predicted octanol–water partition coefficient (Wildman–Crippen LogP) is 1.71. The molecular weight excluding hydrogens is 280 g/mol. The van der Waals surface area contributed by atoms with Crippen LogP contribution in [0.15, 0.2) is 12.4 Å². The first-order valence-corrected chi connectivity index (χ1v) is 8.20. The molecule has 2 unspecified atom stereocenters. The first-order chi connectivity index (χ1) is 10.7. The van der Waals surface area contributed by atoms with E-state index in [1.807, 2.05) is 0 Å². The molecule has 3 heterocycles. The summed E-state index contributed by atoms with van der Waals surface area (Å²) in [5.74, 6) is 1.83. The average Bonchev–Trinajstić information content (AvgIpc) is 3.21. The summed E-state index contributed by atoms with van der Waals surface area (Å²) in [6, 6.07) is 0. The van der Waals surface area contributed by atoms with Crippen LogP contribution >= 0.6 is 0 Å². The van der Waals surface area contributed by atoms with Crippen LogP contribution < -0.4 is 9.80 Å². The van der Waals surface area contributed by atoms with Gasteiger partial charge in [-0.15, -0.1) is 0 Å². The first-order valence-electron chi connectivity index (χ1n) is 8.20. The van der Waals surface area contributed by atoms with E-state index < -0.39 is 0 Å². The fourth-order valence-corrected chi connectivity index (χ4v) is 3.22. The molecule has 1 aromatic heterocycles. The second-order valence-electron chi connectivity index (χ2n) is 6.23. The fourth-order valence-electron chi connectivity index (χ4n) is 3.22. The average molecular weight is 306 g/mol. The van der Waals surface area contributed by atoms with Crippen molar-refractivity contribution in [1.29, 1.82) is 0 Å². The Morgan fingerprint density at radius 3 is 1.73 bits per heavy atom. The van der Waals surface area contributed by atoms with E-state index in [0.717, 1.165) is 63.6 Å². The molecule has 122 valence electrons. The van der Waals surface area contributed by atoms with E-state index in [1.54, 1.807) is 12.4 Å². The van der Waals surface area contributed by atoms with Gasteiger partial charge in [-0.3, -0.25) is 0 Å². The van der Waals surface area contributed by atoms with Crippen LogP contribution in [0.2, 0.25) is 0 Å². The molecule has 0 amide bonds. The Labute approximate surface area is 132 Å². The van der Waals surface area contributed by atoms with Crippen LogP contribution in [0.5, 0.6) is 0 Å². The van der Waals surface area contributed by atoms with Crippen LogP contribution in [0.3, 0.4) is 0 Å². The van der Waals surface area contributed by atoms with Gasteiger partial charge in [-0.2, -0.15) is 0 Å². The zero-order chi connectivity index (χ0) is 15.4. The van der Waals surface area contributed by atoms with E-state index in [9.17, 15) is 0 Å². The predicted molar refractivity (Wildman–Crippen MR) is 86.5 cm³/mol. The van der Waals surface area contributed by atoms with Crippen LogP contribution in [0, 0.1) is 0 Å². The second kappa shape index (κ2) is 7.24. The highest BCUT2D eigenvalue weighted by Gasteiger charge is 2.23. The summed E-state index contributed by atoms with van der Waals surface area (Å²) >= 11 is 0. The highest BCUT2D eigenvalue weighted by atomic mass is 16.5. The highest BCUT2D eigenvalue weighted by molar-refractivity contribution is 5.61. The SMILES string of the molecule is CN(CC1CCCO1)c1nccnc1N(C)CC1CCCO1. The Morgan fingerprint density at radius 1 is 0.909 bits per heavy atom. The van der Waals surface area contributed by atoms with Crippen molar-refractivity contribution in [2.45, 2.75) is 37.9 Å². The quantitative estimate of drug-likeness (QED) is 0.797. The minimum Gasteiger partial charge on any atom is -0.376 e. The minimum absolute atomic E-state index is 0.309. The number of rotatable bonds is 6. The number of likely N-dealkylation sites (N-methyl/N-ethyl adjacent to an activating group) is 2. The topological polar surface area (TPSA) is 50.7 Å². The summed E-state index contributed by atoms with van der Waals surface area (Å²) in [4.78, 5) is 13.4. The third-order valence-electron chi connectivity index (χ3n) is 4.39. The maximum absolute atomic E-state index is 5.73. The minimum atomic E-state index is 0.309. The van der Waals surface area contributed by atoms with Gasteiger partial charge in [0.25, 0.3) is 0 Å². The van der Waals surface area contributed by atoms with Crippen LogP contribution in [-0.4, -0.2) is 62.6 Å². The van der Waals surface area contributed by atoms with Crippen molar-refractivity contribution < 1.29 is 9.47 Å². The number of anilines is 2. The lowest BCUT2D eigenvalue weighted by Gasteiger charge is -2.28. The molecule has 1 aromatic rings. The molecule has 0 radical (unpaired) electrons. The Hall–Kier alpha value is -1.40. The molecule has 6 nitrogen and oxygen atoms in total. The molecule has 2 aliphatic rings. The molecule has 2 atom stereocenters. The largest absolute Gasteiger partial charge is 0.376 e. The molecule has 0 spiro atoms. The molecule has 0 bridgehead atoms. The molecule has 0 N–H and O–H groups in total. The Balaban J connectivity index is 1.67. The van der Waals surface area contributed by atoms with Gasteiger partial charge in [0.2, 0.25) is 0 Å². The summed E-state index contributed by atoms with van der Waals surface area (Å²) in [5.41, 5.74) is 0. The zero-order valence-electron chi connectivity index (χ0n) is 13.6. The third kappa shape index (κ3) is 3.67. The summed E-state index contributed by atoms with van der Waals surface area (Å²) in [7, 11) is 4.13. The molecule has 0 saturated carbocycles. The van der Waals surface area contributed by atoms with Gasteiger partial charge >= 0.3 is 0 Å². The Bertz CT molecular complexity index is 430. The molecule has 0 aliphatic carbocycles. The van der Waals surface area contributed by atoms with Crippen molar-refractivity contribution >= 4 is 11.6 Å². The standard InChI is InChI=1S/C16H26N4O2/c1-19(11-13-5-3-9-21-13)15-16(18-8-7-17-15)20(2)12-14-6-4-10-22-14/h7-8,13-14H,3-6,9-12H2,1-2H3. The maximum atomic E-state index is 5.73. The molecule has 0 aromatic carbocycles. The monoisotopic (exact) mass is 306 g/mol. The molecule has 3 rings (SSSR count). The van der Waals surface area contributed by atoms with Crippen molar-refractivity contribution in [1.82, 2.24) is 9.97 Å². The lowest BCUT2D eigenvalue weighted by atomic mass is 10.2. The van der Waals surface area contributed by atoms with Gasteiger partial charge in [0.1, 0.15) is 0 Å². The van der Waals surface area contributed by atoms with Crippen LogP contribution in [-0.2, 0) is 9.47 Å². The van der Waals surface area contributed by atoms with Crippen LogP contribution in [0.1, 0.15) is 25.7 Å². The van der Waals surface area contributed by atoms with Crippen LogP contribution in [0.4, 0.5) is 11.6 Å². The van der Waals surface area contributed by atoms with Crippen molar-refractivity contribution in [3.63, 3.8) is 0 Å². The summed E-state index contributed by atoms with van der Waals surface area (Å²) in [5, 5.41) is 0. The van der Waals surface area contributed by atoms with E-state index in [0.29, 0.717) is 12.2 Å². The summed E-state index contributed by atoms with van der Waals surface area (Å²) in [6.07, 6.45) is 8.70. The number of aromatic nitrogens is 2. The molecule has 2 fully saturated rings. The van der Waals surface area contributed by atoms with Crippen molar-refractivity contribution in [2.24, 2.45) is 0 Å². The van der Waals surface area contributed by atoms with Crippen LogP contribution in [0.25, 0.3) is 0 Å². The molecule has 6 heteroatoms. The zero-order valence-corrected chi connectivity index (χ0v) is 13.6. The van der Waals surface area contributed by atoms with Gasteiger partial charge < -0.3 is 19.3 Å². The van der Waals surface area contributed by atoms with Crippen molar-refractivity contribution in [3.05, 3.63) is 12.4 Å². The number of hydrogen-bond acceptors (Lipinski definition) is 6. The van der Waals surface area contributed by atoms with E-state index in [2.05, 4.69) is 33.9 Å². The van der Waals surface area contributed by atoms with Gasteiger partial charge in [0, 0.05) is 52.8 Å². The number of ether oxygens (including phenoxy) is 2. The Morgan fingerprint density at radius 2 is 1.36 bits per heavy atom. The van der Waals surface area contributed by atoms with Gasteiger partial charge in [-0.05, 0) is 25.7 Å². The fraction of sp³-hybridized carbons (Fsp3) is 0.750. The second-order valence-corrected chi connectivity index (χ2v) is 6.23. The van der Waals surface area contributed by atoms with E-state index in [-0.39, 0.29) is 0 Å². The lowest BCUT2D eigenvalue weighted by Crippen LogP contribution is -2.34.